The lowest BCUT2D eigenvalue weighted by atomic mass is 10.2. The van der Waals surface area contributed by atoms with E-state index >= 15 is 0 Å². The standard InChI is InChI=1S/C23H23FN6O3.H3N/c1-13-10-30(11-14(2)33-13)16-5-3-15(4-6-16)26-23-25-9-17(24)21(29-23)18-7-8-19-22(27-18)28-20(31)12-32-19;/h3-9,13-14H,10-12H2,1-2H3,(H,25,26,29)(H,27,28,31);1H3. The Morgan fingerprint density at radius 3 is 2.56 bits per heavy atom. The molecule has 3 aromatic rings. The largest absolute Gasteiger partial charge is 0.480 e. The summed E-state index contributed by atoms with van der Waals surface area (Å²) in [6.45, 7) is 5.73. The quantitative estimate of drug-likeness (QED) is 0.526. The van der Waals surface area contributed by atoms with Gasteiger partial charge in [-0.3, -0.25) is 4.79 Å². The first-order valence-electron chi connectivity index (χ1n) is 10.7. The molecule has 2 aromatic heterocycles. The van der Waals surface area contributed by atoms with Crippen LogP contribution in [0.25, 0.3) is 11.4 Å². The fraction of sp³-hybridized carbons (Fsp3) is 0.304. The van der Waals surface area contributed by atoms with Gasteiger partial charge in [0, 0.05) is 24.5 Å². The number of ether oxygens (including phenoxy) is 2. The molecule has 11 heteroatoms. The number of fused-ring (bicyclic) bond motifs is 1. The number of rotatable bonds is 4. The summed E-state index contributed by atoms with van der Waals surface area (Å²) in [5.41, 5.74) is 2.15. The number of nitrogens with zero attached hydrogens (tertiary/aromatic N) is 4. The van der Waals surface area contributed by atoms with Gasteiger partial charge in [0.2, 0.25) is 5.95 Å². The van der Waals surface area contributed by atoms with Gasteiger partial charge in [0.05, 0.1) is 24.1 Å². The van der Waals surface area contributed by atoms with E-state index in [1.807, 2.05) is 24.3 Å². The van der Waals surface area contributed by atoms with Crippen molar-refractivity contribution in [2.24, 2.45) is 0 Å². The lowest BCUT2D eigenvalue weighted by molar-refractivity contribution is -0.118. The molecule has 4 heterocycles. The number of amides is 1. The van der Waals surface area contributed by atoms with Gasteiger partial charge in [-0.1, -0.05) is 0 Å². The molecular formula is C23H26FN7O3. The van der Waals surface area contributed by atoms with E-state index in [0.717, 1.165) is 30.7 Å². The highest BCUT2D eigenvalue weighted by atomic mass is 19.1. The second-order valence-electron chi connectivity index (χ2n) is 8.10. The number of aromatic nitrogens is 3. The normalized spacial score (nSPS) is 19.4. The fourth-order valence-corrected chi connectivity index (χ4v) is 3.98. The number of halogens is 1. The van der Waals surface area contributed by atoms with E-state index in [1.54, 1.807) is 12.1 Å². The van der Waals surface area contributed by atoms with Crippen molar-refractivity contribution in [3.05, 3.63) is 48.4 Å². The first-order chi connectivity index (χ1) is 15.9. The Labute approximate surface area is 196 Å². The van der Waals surface area contributed by atoms with Crippen LogP contribution in [0.15, 0.2) is 42.6 Å². The maximum atomic E-state index is 14.5. The highest BCUT2D eigenvalue weighted by Crippen LogP contribution is 2.30. The SMILES string of the molecule is CC1CN(c2ccc(Nc3ncc(F)c(-c4ccc5c(n4)NC(=O)CO5)n3)cc2)CC(C)O1.N. The molecule has 5 rings (SSSR count). The molecule has 2 aliphatic rings. The molecule has 178 valence electrons. The summed E-state index contributed by atoms with van der Waals surface area (Å²) in [7, 11) is 0. The predicted octanol–water partition coefficient (Wildman–Crippen LogP) is 3.53. The van der Waals surface area contributed by atoms with Crippen LogP contribution in [-0.4, -0.2) is 52.8 Å². The third-order valence-corrected chi connectivity index (χ3v) is 5.37. The van der Waals surface area contributed by atoms with Crippen molar-refractivity contribution in [1.82, 2.24) is 21.1 Å². The molecule has 0 bridgehead atoms. The van der Waals surface area contributed by atoms with Crippen LogP contribution in [0.5, 0.6) is 5.75 Å². The summed E-state index contributed by atoms with van der Waals surface area (Å²) in [5, 5.41) is 5.72. The Morgan fingerprint density at radius 2 is 1.82 bits per heavy atom. The van der Waals surface area contributed by atoms with Crippen LogP contribution in [0.2, 0.25) is 0 Å². The van der Waals surface area contributed by atoms with Crippen LogP contribution >= 0.6 is 0 Å². The highest BCUT2D eigenvalue weighted by molar-refractivity contribution is 5.94. The van der Waals surface area contributed by atoms with Gasteiger partial charge in [-0.05, 0) is 50.2 Å². The van der Waals surface area contributed by atoms with Gasteiger partial charge in [-0.2, -0.15) is 0 Å². The number of benzene rings is 1. The monoisotopic (exact) mass is 467 g/mol. The molecule has 10 nitrogen and oxygen atoms in total. The van der Waals surface area contributed by atoms with Crippen molar-refractivity contribution >= 4 is 29.0 Å². The van der Waals surface area contributed by atoms with Gasteiger partial charge in [0.1, 0.15) is 5.69 Å². The Bertz CT molecular complexity index is 1180. The molecule has 5 N–H and O–H groups in total. The van der Waals surface area contributed by atoms with Crippen molar-refractivity contribution in [2.45, 2.75) is 26.1 Å². The second kappa shape index (κ2) is 9.57. The Balaban J connectivity index is 0.00000274. The zero-order valence-corrected chi connectivity index (χ0v) is 18.9. The molecule has 2 atom stereocenters. The predicted molar refractivity (Wildman–Crippen MR) is 126 cm³/mol. The topological polar surface area (TPSA) is 136 Å². The molecule has 34 heavy (non-hydrogen) atoms. The molecule has 2 aliphatic heterocycles. The zero-order chi connectivity index (χ0) is 22.9. The lowest BCUT2D eigenvalue weighted by Crippen LogP contribution is -2.45. The van der Waals surface area contributed by atoms with Crippen molar-refractivity contribution < 1.29 is 18.7 Å². The summed E-state index contributed by atoms with van der Waals surface area (Å²) in [5.74, 6) is -0.0504. The van der Waals surface area contributed by atoms with E-state index in [9.17, 15) is 9.18 Å². The molecule has 2 unspecified atom stereocenters. The van der Waals surface area contributed by atoms with Crippen molar-refractivity contribution in [2.75, 3.05) is 35.2 Å². The summed E-state index contributed by atoms with van der Waals surface area (Å²) in [6, 6.07) is 11.1. The van der Waals surface area contributed by atoms with Crippen LogP contribution in [0.1, 0.15) is 13.8 Å². The number of pyridine rings is 1. The maximum absolute atomic E-state index is 14.5. The summed E-state index contributed by atoms with van der Waals surface area (Å²) in [6.07, 6.45) is 1.44. The van der Waals surface area contributed by atoms with E-state index in [-0.39, 0.29) is 54.0 Å². The number of hydrogen-bond donors (Lipinski definition) is 3. The van der Waals surface area contributed by atoms with Gasteiger partial charge in [-0.25, -0.2) is 19.3 Å². The van der Waals surface area contributed by atoms with E-state index in [0.29, 0.717) is 5.75 Å². The molecule has 0 spiro atoms. The average molecular weight is 468 g/mol. The van der Waals surface area contributed by atoms with Gasteiger partial charge in [0.15, 0.2) is 24.0 Å². The first kappa shape index (κ1) is 23.3. The van der Waals surface area contributed by atoms with Crippen molar-refractivity contribution in [3.63, 3.8) is 0 Å². The molecule has 1 amide bonds. The summed E-state index contributed by atoms with van der Waals surface area (Å²) < 4.78 is 25.6. The third-order valence-electron chi connectivity index (χ3n) is 5.37. The molecule has 0 saturated carbocycles. The molecule has 1 saturated heterocycles. The van der Waals surface area contributed by atoms with Crippen molar-refractivity contribution in [1.29, 1.82) is 0 Å². The molecule has 1 fully saturated rings. The first-order valence-corrected chi connectivity index (χ1v) is 10.7. The smallest absolute Gasteiger partial charge is 0.263 e. The van der Waals surface area contributed by atoms with Crippen LogP contribution in [0, 0.1) is 5.82 Å². The summed E-state index contributed by atoms with van der Waals surface area (Å²) in [4.78, 5) is 26.5. The van der Waals surface area contributed by atoms with Gasteiger partial charge < -0.3 is 31.2 Å². The van der Waals surface area contributed by atoms with E-state index in [1.165, 1.54) is 0 Å². The minimum Gasteiger partial charge on any atom is -0.480 e. The zero-order valence-electron chi connectivity index (χ0n) is 18.9. The van der Waals surface area contributed by atoms with Crippen molar-refractivity contribution in [3.8, 4) is 17.1 Å². The Hall–Kier alpha value is -3.83. The Morgan fingerprint density at radius 1 is 1.09 bits per heavy atom. The minimum atomic E-state index is -0.623. The van der Waals surface area contributed by atoms with Crippen LogP contribution in [-0.2, 0) is 9.53 Å². The van der Waals surface area contributed by atoms with Crippen LogP contribution in [0.3, 0.4) is 0 Å². The molecule has 1 aromatic carbocycles. The number of hydrogen-bond acceptors (Lipinski definition) is 9. The van der Waals surface area contributed by atoms with Gasteiger partial charge in [-0.15, -0.1) is 0 Å². The van der Waals surface area contributed by atoms with E-state index < -0.39 is 5.82 Å². The molecule has 0 aliphatic carbocycles. The van der Waals surface area contributed by atoms with E-state index in [4.69, 9.17) is 9.47 Å². The number of anilines is 4. The maximum Gasteiger partial charge on any atom is 0.263 e. The lowest BCUT2D eigenvalue weighted by Gasteiger charge is -2.36. The highest BCUT2D eigenvalue weighted by Gasteiger charge is 2.23. The molecular weight excluding hydrogens is 441 g/mol. The van der Waals surface area contributed by atoms with Crippen LogP contribution in [0.4, 0.5) is 27.5 Å². The fourth-order valence-electron chi connectivity index (χ4n) is 3.98. The van der Waals surface area contributed by atoms with Gasteiger partial charge >= 0.3 is 0 Å². The number of morpholine rings is 1. The van der Waals surface area contributed by atoms with Crippen LogP contribution < -0.4 is 26.4 Å². The Kier molecular flexibility index (Phi) is 6.57. The average Bonchev–Trinajstić information content (AvgIpc) is 2.79. The minimum absolute atomic E-state index is 0. The summed E-state index contributed by atoms with van der Waals surface area (Å²) >= 11 is 0. The number of carbonyl (C=O) groups is 1. The van der Waals surface area contributed by atoms with Gasteiger partial charge in [0.25, 0.3) is 5.91 Å². The third kappa shape index (κ3) is 4.90. The number of nitrogens with one attached hydrogen (secondary N) is 2. The second-order valence-corrected chi connectivity index (χ2v) is 8.10. The van der Waals surface area contributed by atoms with E-state index in [2.05, 4.69) is 44.3 Å². The number of carbonyl (C=O) groups excluding carboxylic acids is 1. The molecule has 0 radical (unpaired) electrons.